The molecule has 3 aromatic rings. The van der Waals surface area contributed by atoms with Crippen LogP contribution in [-0.4, -0.2) is 4.98 Å². The number of pyridine rings is 1. The van der Waals surface area contributed by atoms with Crippen molar-refractivity contribution in [3.05, 3.63) is 66.9 Å². The molecule has 2 aromatic carbocycles. The van der Waals surface area contributed by atoms with Gasteiger partial charge in [0.25, 0.3) is 0 Å². The van der Waals surface area contributed by atoms with Crippen molar-refractivity contribution in [2.45, 2.75) is 27.7 Å². The Labute approximate surface area is 122 Å². The van der Waals surface area contributed by atoms with Crippen LogP contribution in [0.5, 0.6) is 0 Å². The van der Waals surface area contributed by atoms with Crippen LogP contribution in [0, 0.1) is 0 Å². The third-order valence-electron chi connectivity index (χ3n) is 2.71. The second-order valence-corrected chi connectivity index (χ2v) is 3.78. The number of fused-ring (bicyclic) bond motifs is 1. The molecule has 0 bridgehead atoms. The zero-order chi connectivity index (χ0) is 14.8. The van der Waals surface area contributed by atoms with Crippen molar-refractivity contribution < 1.29 is 0 Å². The number of aromatic nitrogens is 1. The molecule has 0 aliphatic carbocycles. The van der Waals surface area contributed by atoms with Gasteiger partial charge in [0.15, 0.2) is 0 Å². The maximum Gasteiger partial charge on any atom is 0.0702 e. The molecule has 0 spiro atoms. The highest BCUT2D eigenvalue weighted by atomic mass is 14.7. The second kappa shape index (κ2) is 8.87. The van der Waals surface area contributed by atoms with Crippen LogP contribution < -0.4 is 0 Å². The highest BCUT2D eigenvalue weighted by Crippen LogP contribution is 2.22. The molecule has 0 saturated carbocycles. The van der Waals surface area contributed by atoms with Crippen LogP contribution in [0.2, 0.25) is 0 Å². The minimum Gasteiger partial charge on any atom is -0.256 e. The fraction of sp³-hybridized carbons (Fsp3) is 0.211. The summed E-state index contributed by atoms with van der Waals surface area (Å²) in [6, 6.07) is 20.8. The largest absolute Gasteiger partial charge is 0.256 e. The van der Waals surface area contributed by atoms with Crippen LogP contribution in [0.4, 0.5) is 0 Å². The van der Waals surface area contributed by atoms with E-state index in [2.05, 4.69) is 47.4 Å². The second-order valence-electron chi connectivity index (χ2n) is 3.78. The van der Waals surface area contributed by atoms with Crippen molar-refractivity contribution in [2.24, 2.45) is 0 Å². The number of hydrogen-bond acceptors (Lipinski definition) is 1. The van der Waals surface area contributed by atoms with E-state index in [1.54, 1.807) is 0 Å². The summed E-state index contributed by atoms with van der Waals surface area (Å²) in [5, 5.41) is 2.52. The topological polar surface area (TPSA) is 12.9 Å². The quantitative estimate of drug-likeness (QED) is 0.529. The van der Waals surface area contributed by atoms with Crippen molar-refractivity contribution in [3.63, 3.8) is 0 Å². The third-order valence-corrected chi connectivity index (χ3v) is 2.71. The molecule has 0 amide bonds. The Morgan fingerprint density at radius 1 is 0.650 bits per heavy atom. The Bertz CT molecular complexity index is 615. The lowest BCUT2D eigenvalue weighted by Crippen LogP contribution is -1.81. The molecular formula is C19H23N. The van der Waals surface area contributed by atoms with Gasteiger partial charge >= 0.3 is 0 Å². The molecule has 0 unspecified atom stereocenters. The van der Waals surface area contributed by atoms with Gasteiger partial charge in [0, 0.05) is 11.8 Å². The lowest BCUT2D eigenvalue weighted by Gasteiger charge is -2.02. The molecule has 1 heterocycles. The molecule has 1 nitrogen and oxygen atoms in total. The fourth-order valence-corrected chi connectivity index (χ4v) is 1.88. The van der Waals surface area contributed by atoms with E-state index in [4.69, 9.17) is 0 Å². The highest BCUT2D eigenvalue weighted by molar-refractivity contribution is 5.86. The smallest absolute Gasteiger partial charge is 0.0702 e. The predicted octanol–water partition coefficient (Wildman–Crippen LogP) is 5.95. The van der Waals surface area contributed by atoms with E-state index < -0.39 is 0 Å². The first-order valence-electron chi connectivity index (χ1n) is 7.34. The van der Waals surface area contributed by atoms with Crippen LogP contribution in [0.15, 0.2) is 66.9 Å². The van der Waals surface area contributed by atoms with Crippen molar-refractivity contribution in [3.8, 4) is 11.3 Å². The van der Waals surface area contributed by atoms with E-state index in [0.717, 1.165) is 5.69 Å². The molecule has 0 aliphatic heterocycles. The van der Waals surface area contributed by atoms with Gasteiger partial charge in [0.1, 0.15) is 0 Å². The summed E-state index contributed by atoms with van der Waals surface area (Å²) in [5.41, 5.74) is 2.19. The summed E-state index contributed by atoms with van der Waals surface area (Å²) < 4.78 is 0. The number of benzene rings is 2. The van der Waals surface area contributed by atoms with E-state index in [1.165, 1.54) is 16.3 Å². The molecule has 0 radical (unpaired) electrons. The van der Waals surface area contributed by atoms with Crippen LogP contribution >= 0.6 is 0 Å². The molecule has 1 heteroatoms. The molecule has 20 heavy (non-hydrogen) atoms. The number of hydrogen-bond donors (Lipinski definition) is 0. The first kappa shape index (κ1) is 15.9. The summed E-state index contributed by atoms with van der Waals surface area (Å²) in [5.74, 6) is 0. The van der Waals surface area contributed by atoms with Crippen LogP contribution in [0.25, 0.3) is 22.0 Å². The summed E-state index contributed by atoms with van der Waals surface area (Å²) in [6.07, 6.45) is 1.82. The van der Waals surface area contributed by atoms with E-state index in [0.29, 0.717) is 0 Å². The monoisotopic (exact) mass is 265 g/mol. The molecule has 0 aliphatic rings. The minimum absolute atomic E-state index is 1.02. The Morgan fingerprint density at radius 3 is 1.95 bits per heavy atom. The van der Waals surface area contributed by atoms with Gasteiger partial charge in [-0.15, -0.1) is 0 Å². The summed E-state index contributed by atoms with van der Waals surface area (Å²) in [7, 11) is 0. The molecule has 3 rings (SSSR count). The SMILES string of the molecule is CC.CC.c1ccc(-c2ccc3ccccc3c2)nc1. The van der Waals surface area contributed by atoms with Crippen molar-refractivity contribution in [1.29, 1.82) is 0 Å². The van der Waals surface area contributed by atoms with Gasteiger partial charge in [0.05, 0.1) is 5.69 Å². The van der Waals surface area contributed by atoms with Crippen LogP contribution in [0.1, 0.15) is 27.7 Å². The fourth-order valence-electron chi connectivity index (χ4n) is 1.88. The van der Waals surface area contributed by atoms with Gasteiger partial charge < -0.3 is 0 Å². The number of rotatable bonds is 1. The molecule has 104 valence electrons. The maximum absolute atomic E-state index is 4.36. The van der Waals surface area contributed by atoms with Crippen molar-refractivity contribution in [1.82, 2.24) is 4.98 Å². The van der Waals surface area contributed by atoms with E-state index >= 15 is 0 Å². The van der Waals surface area contributed by atoms with Gasteiger partial charge in [-0.2, -0.15) is 0 Å². The lowest BCUT2D eigenvalue weighted by atomic mass is 10.0. The van der Waals surface area contributed by atoms with E-state index in [-0.39, 0.29) is 0 Å². The molecule has 0 saturated heterocycles. The zero-order valence-corrected chi connectivity index (χ0v) is 12.8. The molecule has 0 N–H and O–H groups in total. The lowest BCUT2D eigenvalue weighted by molar-refractivity contribution is 1.33. The van der Waals surface area contributed by atoms with Gasteiger partial charge in [-0.1, -0.05) is 70.2 Å². The molecule has 1 aromatic heterocycles. The first-order chi connectivity index (χ1) is 9.93. The maximum atomic E-state index is 4.36. The van der Waals surface area contributed by atoms with Crippen molar-refractivity contribution >= 4 is 10.8 Å². The Kier molecular flexibility index (Phi) is 7.05. The van der Waals surface area contributed by atoms with Gasteiger partial charge in [-0.25, -0.2) is 0 Å². The van der Waals surface area contributed by atoms with Crippen molar-refractivity contribution in [2.75, 3.05) is 0 Å². The average Bonchev–Trinajstić information content (AvgIpc) is 2.59. The van der Waals surface area contributed by atoms with Crippen LogP contribution in [-0.2, 0) is 0 Å². The van der Waals surface area contributed by atoms with Gasteiger partial charge in [-0.3, -0.25) is 4.98 Å². The molecular weight excluding hydrogens is 242 g/mol. The third kappa shape index (κ3) is 3.92. The molecule has 0 atom stereocenters. The minimum atomic E-state index is 1.02. The summed E-state index contributed by atoms with van der Waals surface area (Å²) >= 11 is 0. The summed E-state index contributed by atoms with van der Waals surface area (Å²) in [6.45, 7) is 8.00. The standard InChI is InChI=1S/C15H11N.2C2H6/c1-2-6-13-11-14(9-8-12(13)5-1)15-7-3-4-10-16-15;2*1-2/h1-11H;2*1-2H3. The molecule has 0 fully saturated rings. The average molecular weight is 265 g/mol. The van der Waals surface area contributed by atoms with E-state index in [1.807, 2.05) is 52.1 Å². The van der Waals surface area contributed by atoms with E-state index in [9.17, 15) is 0 Å². The van der Waals surface area contributed by atoms with Gasteiger partial charge in [0.2, 0.25) is 0 Å². The first-order valence-corrected chi connectivity index (χ1v) is 7.34. The summed E-state index contributed by atoms with van der Waals surface area (Å²) in [4.78, 5) is 4.36. The van der Waals surface area contributed by atoms with Crippen LogP contribution in [0.3, 0.4) is 0 Å². The Balaban J connectivity index is 0.000000461. The van der Waals surface area contributed by atoms with Gasteiger partial charge in [-0.05, 0) is 29.0 Å². The Morgan fingerprint density at radius 2 is 1.30 bits per heavy atom. The normalized spacial score (nSPS) is 9.00. The highest BCUT2D eigenvalue weighted by Gasteiger charge is 1.99. The predicted molar refractivity (Wildman–Crippen MR) is 89.9 cm³/mol. The number of nitrogens with zero attached hydrogens (tertiary/aromatic N) is 1. The zero-order valence-electron chi connectivity index (χ0n) is 12.8. The Hall–Kier alpha value is -2.15.